The average molecular weight is 251 g/mol. The first kappa shape index (κ1) is 12.4. The van der Waals surface area contributed by atoms with Gasteiger partial charge in [-0.3, -0.25) is 4.79 Å². The highest BCUT2D eigenvalue weighted by molar-refractivity contribution is 5.78. The molecule has 3 fully saturated rings. The number of nitrogens with zero attached hydrogens (tertiary/aromatic N) is 2. The van der Waals surface area contributed by atoms with E-state index in [1.807, 2.05) is 4.90 Å². The van der Waals surface area contributed by atoms with Crippen molar-refractivity contribution in [3.63, 3.8) is 0 Å². The van der Waals surface area contributed by atoms with E-state index in [0.717, 1.165) is 25.2 Å². The summed E-state index contributed by atoms with van der Waals surface area (Å²) in [6.45, 7) is 2.49. The quantitative estimate of drug-likeness (QED) is 0.807. The summed E-state index contributed by atoms with van der Waals surface area (Å²) in [5.74, 6) is 0.304. The highest BCUT2D eigenvalue weighted by Crippen LogP contribution is 2.34. The first-order valence-electron chi connectivity index (χ1n) is 7.47. The second kappa shape index (κ2) is 5.17. The van der Waals surface area contributed by atoms with E-state index < -0.39 is 0 Å². The second-order valence-electron chi connectivity index (χ2n) is 6.19. The molecule has 0 spiro atoms. The normalized spacial score (nSPS) is 36.3. The number of hydrogen-bond acceptors (Lipinski definition) is 3. The molecule has 0 aliphatic carbocycles. The zero-order chi connectivity index (χ0) is 12.5. The van der Waals surface area contributed by atoms with Crippen LogP contribution in [0.1, 0.15) is 38.5 Å². The van der Waals surface area contributed by atoms with Gasteiger partial charge in [0.15, 0.2) is 0 Å². The van der Waals surface area contributed by atoms with Crippen molar-refractivity contribution >= 4 is 5.91 Å². The molecule has 3 rings (SSSR count). The molecule has 2 bridgehead atoms. The van der Waals surface area contributed by atoms with Crippen molar-refractivity contribution in [3.05, 3.63) is 0 Å². The Morgan fingerprint density at radius 2 is 1.78 bits per heavy atom. The Morgan fingerprint density at radius 1 is 1.17 bits per heavy atom. The zero-order valence-corrected chi connectivity index (χ0v) is 11.4. The maximum atomic E-state index is 12.0. The monoisotopic (exact) mass is 251 g/mol. The fourth-order valence-electron chi connectivity index (χ4n) is 3.89. The lowest BCUT2D eigenvalue weighted by molar-refractivity contribution is -0.129. The number of carbonyl (C=O) groups excluding carboxylic acids is 1. The molecule has 2 unspecified atom stereocenters. The Kier molecular flexibility index (Phi) is 3.57. The van der Waals surface area contributed by atoms with Crippen LogP contribution in [-0.2, 0) is 4.79 Å². The molecule has 0 saturated carbocycles. The van der Waals surface area contributed by atoms with Crippen molar-refractivity contribution in [2.75, 3.05) is 26.7 Å². The molecule has 4 nitrogen and oxygen atoms in total. The van der Waals surface area contributed by atoms with Crippen molar-refractivity contribution in [1.82, 2.24) is 15.1 Å². The maximum Gasteiger partial charge on any atom is 0.236 e. The number of piperidine rings is 1. The van der Waals surface area contributed by atoms with Crippen molar-refractivity contribution in [2.45, 2.75) is 56.7 Å². The Morgan fingerprint density at radius 3 is 2.39 bits per heavy atom. The maximum absolute atomic E-state index is 12.0. The van der Waals surface area contributed by atoms with Crippen molar-refractivity contribution in [3.8, 4) is 0 Å². The van der Waals surface area contributed by atoms with Gasteiger partial charge in [0.05, 0.1) is 6.54 Å². The number of hydrogen-bond donors (Lipinski definition) is 1. The largest absolute Gasteiger partial charge is 0.342 e. The lowest BCUT2D eigenvalue weighted by Crippen LogP contribution is -2.49. The predicted octanol–water partition coefficient (Wildman–Crippen LogP) is 0.824. The van der Waals surface area contributed by atoms with Crippen molar-refractivity contribution in [2.24, 2.45) is 0 Å². The molecule has 3 heterocycles. The predicted molar refractivity (Wildman–Crippen MR) is 71.4 cm³/mol. The third kappa shape index (κ3) is 2.41. The molecule has 1 amide bonds. The second-order valence-corrected chi connectivity index (χ2v) is 6.19. The van der Waals surface area contributed by atoms with Gasteiger partial charge >= 0.3 is 0 Å². The molecule has 0 radical (unpaired) electrons. The standard InChI is InChI=1S/C14H25N3O/c1-16-12-4-5-13(16)9-11(8-12)15-10-14(18)17-6-2-3-7-17/h11-13,15H,2-10H2,1H3. The lowest BCUT2D eigenvalue weighted by Gasteiger charge is -2.36. The van der Waals surface area contributed by atoms with Crippen LogP contribution in [0.2, 0.25) is 0 Å². The molecule has 1 N–H and O–H groups in total. The molecule has 102 valence electrons. The van der Waals surface area contributed by atoms with Crippen LogP contribution >= 0.6 is 0 Å². The number of rotatable bonds is 3. The number of fused-ring (bicyclic) bond motifs is 2. The summed E-state index contributed by atoms with van der Waals surface area (Å²) in [5, 5.41) is 3.50. The smallest absolute Gasteiger partial charge is 0.236 e. The van der Waals surface area contributed by atoms with Gasteiger partial charge in [-0.1, -0.05) is 0 Å². The van der Waals surface area contributed by atoms with Gasteiger partial charge in [-0.05, 0) is 45.6 Å². The van der Waals surface area contributed by atoms with Gasteiger partial charge < -0.3 is 15.1 Å². The minimum absolute atomic E-state index is 0.304. The first-order valence-corrected chi connectivity index (χ1v) is 7.47. The third-order valence-corrected chi connectivity index (χ3v) is 5.10. The topological polar surface area (TPSA) is 35.6 Å². The van der Waals surface area contributed by atoms with Crippen LogP contribution in [0.5, 0.6) is 0 Å². The molecule has 2 atom stereocenters. The zero-order valence-electron chi connectivity index (χ0n) is 11.4. The summed E-state index contributed by atoms with van der Waals surface area (Å²) in [4.78, 5) is 16.5. The Balaban J connectivity index is 1.45. The van der Waals surface area contributed by atoms with Crippen LogP contribution in [0.4, 0.5) is 0 Å². The minimum atomic E-state index is 0.304. The summed E-state index contributed by atoms with van der Waals surface area (Å²) in [6.07, 6.45) is 7.51. The van der Waals surface area contributed by atoms with E-state index in [1.54, 1.807) is 0 Å². The molecule has 0 aromatic carbocycles. The van der Waals surface area contributed by atoms with E-state index in [1.165, 1.54) is 38.5 Å². The van der Waals surface area contributed by atoms with E-state index in [9.17, 15) is 4.79 Å². The molecule has 4 heteroatoms. The summed E-state index contributed by atoms with van der Waals surface area (Å²) >= 11 is 0. The molecule has 3 saturated heterocycles. The SMILES string of the molecule is CN1C2CCC1CC(NCC(=O)N1CCCC1)C2. The Hall–Kier alpha value is -0.610. The summed E-state index contributed by atoms with van der Waals surface area (Å²) < 4.78 is 0. The third-order valence-electron chi connectivity index (χ3n) is 5.10. The Labute approximate surface area is 110 Å². The molecule has 0 aromatic heterocycles. The molecule has 18 heavy (non-hydrogen) atoms. The fourth-order valence-corrected chi connectivity index (χ4v) is 3.89. The number of likely N-dealkylation sites (tertiary alicyclic amines) is 1. The number of amides is 1. The van der Waals surface area contributed by atoms with Crippen LogP contribution in [0.3, 0.4) is 0 Å². The number of carbonyl (C=O) groups is 1. The van der Waals surface area contributed by atoms with Crippen LogP contribution in [0, 0.1) is 0 Å². The van der Waals surface area contributed by atoms with E-state index >= 15 is 0 Å². The fraction of sp³-hybridized carbons (Fsp3) is 0.929. The summed E-state index contributed by atoms with van der Waals surface area (Å²) in [6, 6.07) is 2.07. The van der Waals surface area contributed by atoms with E-state index in [2.05, 4.69) is 17.3 Å². The lowest BCUT2D eigenvalue weighted by atomic mass is 9.98. The van der Waals surface area contributed by atoms with Crippen molar-refractivity contribution in [1.29, 1.82) is 0 Å². The van der Waals surface area contributed by atoms with Gasteiger partial charge in [0.1, 0.15) is 0 Å². The van der Waals surface area contributed by atoms with Gasteiger partial charge in [-0.25, -0.2) is 0 Å². The molecule has 0 aromatic rings. The summed E-state index contributed by atoms with van der Waals surface area (Å²) in [7, 11) is 2.26. The molecular weight excluding hydrogens is 226 g/mol. The van der Waals surface area contributed by atoms with E-state index in [0.29, 0.717) is 18.5 Å². The van der Waals surface area contributed by atoms with E-state index in [4.69, 9.17) is 0 Å². The van der Waals surface area contributed by atoms with Gasteiger partial charge in [0, 0.05) is 31.2 Å². The van der Waals surface area contributed by atoms with Gasteiger partial charge in [0.25, 0.3) is 0 Å². The van der Waals surface area contributed by atoms with E-state index in [-0.39, 0.29) is 0 Å². The molecule has 3 aliphatic rings. The molecule has 3 aliphatic heterocycles. The van der Waals surface area contributed by atoms with Crippen LogP contribution in [0.15, 0.2) is 0 Å². The van der Waals surface area contributed by atoms with Crippen molar-refractivity contribution < 1.29 is 4.79 Å². The average Bonchev–Trinajstić information content (AvgIpc) is 2.94. The van der Waals surface area contributed by atoms with Crippen LogP contribution in [-0.4, -0.2) is 60.5 Å². The van der Waals surface area contributed by atoms with Crippen LogP contribution in [0.25, 0.3) is 0 Å². The number of nitrogens with one attached hydrogen (secondary N) is 1. The van der Waals surface area contributed by atoms with Gasteiger partial charge in [0.2, 0.25) is 5.91 Å². The minimum Gasteiger partial charge on any atom is -0.342 e. The van der Waals surface area contributed by atoms with Gasteiger partial charge in [-0.15, -0.1) is 0 Å². The highest BCUT2D eigenvalue weighted by Gasteiger charge is 2.38. The van der Waals surface area contributed by atoms with Crippen LogP contribution < -0.4 is 5.32 Å². The highest BCUT2D eigenvalue weighted by atomic mass is 16.2. The summed E-state index contributed by atoms with van der Waals surface area (Å²) in [5.41, 5.74) is 0. The first-order chi connectivity index (χ1) is 8.74. The van der Waals surface area contributed by atoms with Gasteiger partial charge in [-0.2, -0.15) is 0 Å². The Bertz CT molecular complexity index is 300. The molecular formula is C14H25N3O.